The highest BCUT2D eigenvalue weighted by molar-refractivity contribution is 6.42. The van der Waals surface area contributed by atoms with E-state index in [9.17, 15) is 4.79 Å². The molecule has 7 heteroatoms. The molecule has 0 saturated heterocycles. The van der Waals surface area contributed by atoms with E-state index in [2.05, 4.69) is 15.3 Å². The summed E-state index contributed by atoms with van der Waals surface area (Å²) in [6.07, 6.45) is 4.01. The van der Waals surface area contributed by atoms with Crippen molar-refractivity contribution in [3.05, 3.63) is 52.0 Å². The number of rotatable bonds is 1. The van der Waals surface area contributed by atoms with E-state index in [0.717, 1.165) is 17.7 Å². The summed E-state index contributed by atoms with van der Waals surface area (Å²) >= 11 is 11.8. The molecule has 1 aliphatic rings. The maximum atomic E-state index is 12.3. The first-order valence-electron chi connectivity index (χ1n) is 6.42. The lowest BCUT2D eigenvalue weighted by molar-refractivity contribution is 0.206. The molecule has 5 nitrogen and oxygen atoms in total. The third-order valence-electron chi connectivity index (χ3n) is 3.32. The second kappa shape index (κ2) is 5.87. The normalized spacial score (nSPS) is 13.7. The van der Waals surface area contributed by atoms with E-state index in [4.69, 9.17) is 23.2 Å². The third kappa shape index (κ3) is 3.09. The van der Waals surface area contributed by atoms with Gasteiger partial charge in [-0.15, -0.1) is 0 Å². The van der Waals surface area contributed by atoms with Gasteiger partial charge in [0, 0.05) is 30.4 Å². The van der Waals surface area contributed by atoms with Crippen LogP contribution in [0.1, 0.15) is 11.3 Å². The predicted molar refractivity (Wildman–Crippen MR) is 81.6 cm³/mol. The van der Waals surface area contributed by atoms with Crippen LogP contribution in [0.15, 0.2) is 30.7 Å². The number of hydrogen-bond donors (Lipinski definition) is 1. The van der Waals surface area contributed by atoms with Crippen molar-refractivity contribution in [1.82, 2.24) is 14.9 Å². The van der Waals surface area contributed by atoms with Gasteiger partial charge in [0.2, 0.25) is 0 Å². The maximum absolute atomic E-state index is 12.3. The number of anilines is 1. The van der Waals surface area contributed by atoms with Gasteiger partial charge in [0.25, 0.3) is 0 Å². The van der Waals surface area contributed by atoms with Gasteiger partial charge >= 0.3 is 6.03 Å². The highest BCUT2D eigenvalue weighted by atomic mass is 35.5. The van der Waals surface area contributed by atoms with Crippen molar-refractivity contribution >= 4 is 34.9 Å². The van der Waals surface area contributed by atoms with E-state index in [1.54, 1.807) is 29.3 Å². The molecular weight excluding hydrogens is 311 g/mol. The van der Waals surface area contributed by atoms with Crippen molar-refractivity contribution in [2.24, 2.45) is 0 Å². The molecule has 3 rings (SSSR count). The first-order valence-corrected chi connectivity index (χ1v) is 7.18. The number of nitrogens with one attached hydrogen (secondary N) is 1. The average Bonchev–Trinajstić information content (AvgIpc) is 2.50. The molecule has 0 aliphatic carbocycles. The second-order valence-electron chi connectivity index (χ2n) is 4.73. The van der Waals surface area contributed by atoms with E-state index < -0.39 is 0 Å². The number of hydrogen-bond acceptors (Lipinski definition) is 3. The molecule has 1 N–H and O–H groups in total. The van der Waals surface area contributed by atoms with Crippen LogP contribution < -0.4 is 5.32 Å². The first-order chi connectivity index (χ1) is 10.1. The monoisotopic (exact) mass is 322 g/mol. The van der Waals surface area contributed by atoms with Crippen LogP contribution in [0.3, 0.4) is 0 Å². The molecule has 0 saturated carbocycles. The summed E-state index contributed by atoms with van der Waals surface area (Å²) in [6.45, 7) is 1.13. The minimum absolute atomic E-state index is 0.178. The molecule has 0 unspecified atom stereocenters. The van der Waals surface area contributed by atoms with Gasteiger partial charge in [-0.1, -0.05) is 23.2 Å². The summed E-state index contributed by atoms with van der Waals surface area (Å²) in [5.41, 5.74) is 2.60. The first kappa shape index (κ1) is 14.1. The number of nitrogens with zero attached hydrogens (tertiary/aromatic N) is 3. The fourth-order valence-electron chi connectivity index (χ4n) is 2.22. The van der Waals surface area contributed by atoms with Gasteiger partial charge in [-0.2, -0.15) is 0 Å². The number of fused-ring (bicyclic) bond motifs is 1. The van der Waals surface area contributed by atoms with Crippen molar-refractivity contribution in [1.29, 1.82) is 0 Å². The molecule has 2 amide bonds. The molecule has 2 aromatic rings. The van der Waals surface area contributed by atoms with E-state index in [0.29, 0.717) is 28.8 Å². The molecular formula is C14H12Cl2N4O. The lowest BCUT2D eigenvalue weighted by atomic mass is 10.1. The summed E-state index contributed by atoms with van der Waals surface area (Å²) in [4.78, 5) is 22.2. The summed E-state index contributed by atoms with van der Waals surface area (Å²) in [5, 5.41) is 3.68. The molecule has 108 valence electrons. The maximum Gasteiger partial charge on any atom is 0.322 e. The number of halogens is 2. The van der Waals surface area contributed by atoms with Crippen LogP contribution in [-0.2, 0) is 13.0 Å². The van der Waals surface area contributed by atoms with Crippen LogP contribution in [-0.4, -0.2) is 27.4 Å². The minimum atomic E-state index is -0.178. The van der Waals surface area contributed by atoms with Crippen LogP contribution in [0.4, 0.5) is 10.5 Å². The van der Waals surface area contributed by atoms with Crippen LogP contribution in [0, 0.1) is 0 Å². The Kier molecular flexibility index (Phi) is 3.94. The molecule has 2 heterocycles. The Bertz CT molecular complexity index is 692. The quantitative estimate of drug-likeness (QED) is 0.875. The Labute approximate surface area is 131 Å². The minimum Gasteiger partial charge on any atom is -0.320 e. The number of urea groups is 1. The molecule has 0 bridgehead atoms. The number of carbonyl (C=O) groups is 1. The van der Waals surface area contributed by atoms with Crippen LogP contribution >= 0.6 is 23.2 Å². The van der Waals surface area contributed by atoms with Gasteiger partial charge in [-0.25, -0.2) is 14.8 Å². The Morgan fingerprint density at radius 1 is 1.29 bits per heavy atom. The third-order valence-corrected chi connectivity index (χ3v) is 4.06. The fraction of sp³-hybridized carbons (Fsp3) is 0.214. The summed E-state index contributed by atoms with van der Waals surface area (Å²) < 4.78 is 0. The van der Waals surface area contributed by atoms with E-state index >= 15 is 0 Å². The van der Waals surface area contributed by atoms with Crippen LogP contribution in [0.25, 0.3) is 0 Å². The molecule has 21 heavy (non-hydrogen) atoms. The standard InChI is InChI=1S/C14H12Cl2N4O/c15-11-2-1-10(5-12(11)16)19-14(21)20-4-3-13-9(7-20)6-17-8-18-13/h1-2,5-6,8H,3-4,7H2,(H,19,21). The van der Waals surface area contributed by atoms with Gasteiger partial charge in [0.1, 0.15) is 6.33 Å². The number of benzene rings is 1. The van der Waals surface area contributed by atoms with Gasteiger partial charge in [0.05, 0.1) is 22.3 Å². The average molecular weight is 323 g/mol. The SMILES string of the molecule is O=C(Nc1ccc(Cl)c(Cl)c1)N1CCc2ncncc2C1. The largest absolute Gasteiger partial charge is 0.322 e. The van der Waals surface area contributed by atoms with E-state index in [-0.39, 0.29) is 6.03 Å². The Hall–Kier alpha value is -1.85. The predicted octanol–water partition coefficient (Wildman–Crippen LogP) is 3.37. The van der Waals surface area contributed by atoms with E-state index in [1.165, 1.54) is 6.33 Å². The smallest absolute Gasteiger partial charge is 0.320 e. The van der Waals surface area contributed by atoms with Crippen molar-refractivity contribution in [2.45, 2.75) is 13.0 Å². The topological polar surface area (TPSA) is 58.1 Å². The van der Waals surface area contributed by atoms with Gasteiger partial charge < -0.3 is 10.2 Å². The van der Waals surface area contributed by atoms with Gasteiger partial charge in [-0.3, -0.25) is 0 Å². The molecule has 1 aromatic carbocycles. The van der Waals surface area contributed by atoms with Crippen LogP contribution in [0.2, 0.25) is 10.0 Å². The van der Waals surface area contributed by atoms with Crippen molar-refractivity contribution in [3.63, 3.8) is 0 Å². The number of aromatic nitrogens is 2. The number of carbonyl (C=O) groups excluding carboxylic acids is 1. The lowest BCUT2D eigenvalue weighted by Crippen LogP contribution is -2.39. The molecule has 1 aromatic heterocycles. The summed E-state index contributed by atoms with van der Waals surface area (Å²) in [5.74, 6) is 0. The fourth-order valence-corrected chi connectivity index (χ4v) is 2.51. The van der Waals surface area contributed by atoms with Crippen molar-refractivity contribution in [3.8, 4) is 0 Å². The highest BCUT2D eigenvalue weighted by Gasteiger charge is 2.21. The Morgan fingerprint density at radius 2 is 2.14 bits per heavy atom. The lowest BCUT2D eigenvalue weighted by Gasteiger charge is -2.27. The van der Waals surface area contributed by atoms with Gasteiger partial charge in [-0.05, 0) is 18.2 Å². The molecule has 0 spiro atoms. The Balaban J connectivity index is 1.70. The summed E-state index contributed by atoms with van der Waals surface area (Å²) in [7, 11) is 0. The zero-order valence-electron chi connectivity index (χ0n) is 11.0. The highest BCUT2D eigenvalue weighted by Crippen LogP contribution is 2.25. The Morgan fingerprint density at radius 3 is 2.95 bits per heavy atom. The number of amides is 2. The second-order valence-corrected chi connectivity index (χ2v) is 5.54. The van der Waals surface area contributed by atoms with Crippen molar-refractivity contribution < 1.29 is 4.79 Å². The molecule has 0 fully saturated rings. The zero-order valence-corrected chi connectivity index (χ0v) is 12.5. The molecule has 1 aliphatic heterocycles. The van der Waals surface area contributed by atoms with Crippen LogP contribution in [0.5, 0.6) is 0 Å². The molecule has 0 atom stereocenters. The summed E-state index contributed by atoms with van der Waals surface area (Å²) in [6, 6.07) is 4.82. The van der Waals surface area contributed by atoms with Gasteiger partial charge in [0.15, 0.2) is 0 Å². The van der Waals surface area contributed by atoms with E-state index in [1.807, 2.05) is 0 Å². The zero-order chi connectivity index (χ0) is 14.8. The molecule has 0 radical (unpaired) electrons. The van der Waals surface area contributed by atoms with Crippen molar-refractivity contribution in [2.75, 3.05) is 11.9 Å².